The van der Waals surface area contributed by atoms with Crippen molar-refractivity contribution in [2.24, 2.45) is 5.41 Å². The van der Waals surface area contributed by atoms with Crippen molar-refractivity contribution < 1.29 is 27.4 Å². The molecular weight excluding hydrogens is 313 g/mol. The van der Waals surface area contributed by atoms with Crippen molar-refractivity contribution in [3.05, 3.63) is 35.6 Å². The van der Waals surface area contributed by atoms with Gasteiger partial charge in [-0.05, 0) is 30.5 Å². The van der Waals surface area contributed by atoms with Gasteiger partial charge in [0.2, 0.25) is 10.0 Å². The summed E-state index contributed by atoms with van der Waals surface area (Å²) in [6.07, 6.45) is 0.509. The van der Waals surface area contributed by atoms with Crippen LogP contribution in [0.4, 0.5) is 4.39 Å². The van der Waals surface area contributed by atoms with Crippen LogP contribution in [0.25, 0.3) is 0 Å². The number of benzene rings is 1. The van der Waals surface area contributed by atoms with E-state index in [0.29, 0.717) is 12.2 Å². The highest BCUT2D eigenvalue weighted by Gasteiger charge is 2.43. The lowest BCUT2D eigenvalue weighted by Crippen LogP contribution is -2.44. The topological polar surface area (TPSA) is 92.7 Å². The van der Waals surface area contributed by atoms with Gasteiger partial charge in [0.05, 0.1) is 12.4 Å². The summed E-state index contributed by atoms with van der Waals surface area (Å²) in [5.74, 6) is -1.63. The molecule has 1 aliphatic rings. The predicted octanol–water partition coefficient (Wildman–Crippen LogP) is 0.779. The molecule has 0 amide bonds. The second-order valence-electron chi connectivity index (χ2n) is 5.40. The van der Waals surface area contributed by atoms with Gasteiger partial charge in [-0.15, -0.1) is 0 Å². The highest BCUT2D eigenvalue weighted by atomic mass is 32.2. The Labute approximate surface area is 128 Å². The summed E-state index contributed by atoms with van der Waals surface area (Å²) in [5, 5.41) is 9.24. The number of carbonyl (C=O) groups is 1. The SMILES string of the molecule is O=C(O)C1(CNS(=O)(=O)CCc2ccc(F)cc2)CCOC1. The van der Waals surface area contributed by atoms with Gasteiger partial charge in [-0.1, -0.05) is 12.1 Å². The van der Waals surface area contributed by atoms with Crippen molar-refractivity contribution in [3.8, 4) is 0 Å². The van der Waals surface area contributed by atoms with Gasteiger partial charge in [0.1, 0.15) is 11.2 Å². The normalized spacial score (nSPS) is 21.9. The number of rotatable bonds is 7. The third-order valence-corrected chi connectivity index (χ3v) is 5.09. The van der Waals surface area contributed by atoms with E-state index < -0.39 is 21.4 Å². The van der Waals surface area contributed by atoms with E-state index in [9.17, 15) is 22.7 Å². The standard InChI is InChI=1S/C14H18FNO5S/c15-12-3-1-11(2-4-12)5-8-22(19,20)16-9-14(13(17)18)6-7-21-10-14/h1-4,16H,5-10H2,(H,17,18). The van der Waals surface area contributed by atoms with E-state index >= 15 is 0 Å². The van der Waals surface area contributed by atoms with Crippen LogP contribution in [0.2, 0.25) is 0 Å². The van der Waals surface area contributed by atoms with E-state index in [-0.39, 0.29) is 37.6 Å². The molecule has 2 rings (SSSR count). The zero-order chi connectivity index (χ0) is 16.2. The molecule has 22 heavy (non-hydrogen) atoms. The van der Waals surface area contributed by atoms with E-state index in [1.54, 1.807) is 0 Å². The number of aliphatic carboxylic acids is 1. The number of hydrogen-bond donors (Lipinski definition) is 2. The third kappa shape index (κ3) is 4.25. The van der Waals surface area contributed by atoms with E-state index in [1.165, 1.54) is 24.3 Å². The molecule has 0 bridgehead atoms. The molecule has 1 unspecified atom stereocenters. The number of carboxylic acids is 1. The molecule has 0 radical (unpaired) electrons. The minimum Gasteiger partial charge on any atom is -0.481 e. The Morgan fingerprint density at radius 2 is 2.05 bits per heavy atom. The van der Waals surface area contributed by atoms with Crippen LogP contribution in [0.15, 0.2) is 24.3 Å². The average Bonchev–Trinajstić information content (AvgIpc) is 2.95. The van der Waals surface area contributed by atoms with E-state index in [0.717, 1.165) is 0 Å². The van der Waals surface area contributed by atoms with Crippen LogP contribution in [-0.4, -0.2) is 45.0 Å². The lowest BCUT2D eigenvalue weighted by atomic mass is 9.88. The molecule has 0 saturated carbocycles. The molecule has 1 saturated heterocycles. The van der Waals surface area contributed by atoms with Crippen LogP contribution in [0.3, 0.4) is 0 Å². The van der Waals surface area contributed by atoms with Gasteiger partial charge in [0, 0.05) is 13.2 Å². The average molecular weight is 331 g/mol. The van der Waals surface area contributed by atoms with Crippen molar-refractivity contribution in [1.29, 1.82) is 0 Å². The summed E-state index contributed by atoms with van der Waals surface area (Å²) < 4.78 is 44.1. The van der Waals surface area contributed by atoms with Crippen molar-refractivity contribution in [1.82, 2.24) is 4.72 Å². The maximum Gasteiger partial charge on any atom is 0.313 e. The molecule has 1 heterocycles. The van der Waals surface area contributed by atoms with E-state index in [1.807, 2.05) is 0 Å². The Kier molecular flexibility index (Phi) is 5.15. The largest absolute Gasteiger partial charge is 0.481 e. The first-order valence-corrected chi connectivity index (χ1v) is 8.51. The molecule has 1 fully saturated rings. The predicted molar refractivity (Wildman–Crippen MR) is 77.4 cm³/mol. The van der Waals surface area contributed by atoms with Crippen LogP contribution < -0.4 is 4.72 Å². The summed E-state index contributed by atoms with van der Waals surface area (Å²) in [7, 11) is -3.61. The Morgan fingerprint density at radius 3 is 2.59 bits per heavy atom. The second-order valence-corrected chi connectivity index (χ2v) is 7.33. The minimum atomic E-state index is -3.61. The minimum absolute atomic E-state index is 0.00279. The van der Waals surface area contributed by atoms with Crippen LogP contribution in [0, 0.1) is 11.2 Å². The smallest absolute Gasteiger partial charge is 0.313 e. The molecular formula is C14H18FNO5S. The molecule has 6 nitrogen and oxygen atoms in total. The summed E-state index contributed by atoms with van der Waals surface area (Å²) in [6, 6.07) is 5.58. The Morgan fingerprint density at radius 1 is 1.36 bits per heavy atom. The van der Waals surface area contributed by atoms with E-state index in [4.69, 9.17) is 4.74 Å². The monoisotopic (exact) mass is 331 g/mol. The quantitative estimate of drug-likeness (QED) is 0.770. The fourth-order valence-corrected chi connectivity index (χ4v) is 3.36. The number of hydrogen-bond acceptors (Lipinski definition) is 4. The molecule has 0 aliphatic carbocycles. The van der Waals surface area contributed by atoms with Gasteiger partial charge in [-0.25, -0.2) is 17.5 Å². The summed E-state index contributed by atoms with van der Waals surface area (Å²) in [5.41, 5.74) is -0.493. The molecule has 0 spiro atoms. The third-order valence-electron chi connectivity index (χ3n) is 3.76. The lowest BCUT2D eigenvalue weighted by molar-refractivity contribution is -0.148. The lowest BCUT2D eigenvalue weighted by Gasteiger charge is -2.22. The fourth-order valence-electron chi connectivity index (χ4n) is 2.21. The van der Waals surface area contributed by atoms with Gasteiger partial charge >= 0.3 is 5.97 Å². The first kappa shape index (κ1) is 16.9. The molecule has 0 aromatic heterocycles. The number of sulfonamides is 1. The summed E-state index contributed by atoms with van der Waals surface area (Å²) in [4.78, 5) is 11.3. The molecule has 1 aliphatic heterocycles. The molecule has 1 atom stereocenters. The number of nitrogens with one attached hydrogen (secondary N) is 1. The zero-order valence-electron chi connectivity index (χ0n) is 11.9. The molecule has 122 valence electrons. The second kappa shape index (κ2) is 6.72. The van der Waals surface area contributed by atoms with Crippen molar-refractivity contribution in [2.45, 2.75) is 12.8 Å². The Balaban J connectivity index is 1.90. The number of ether oxygens (including phenoxy) is 1. The number of carboxylic acid groups (broad SMARTS) is 1. The van der Waals surface area contributed by atoms with Gasteiger partial charge in [0.25, 0.3) is 0 Å². The van der Waals surface area contributed by atoms with Crippen LogP contribution in [0.5, 0.6) is 0 Å². The maximum absolute atomic E-state index is 12.8. The first-order chi connectivity index (χ1) is 10.3. The number of halogens is 1. The fraction of sp³-hybridized carbons (Fsp3) is 0.500. The molecule has 1 aromatic rings. The molecule has 8 heteroatoms. The first-order valence-electron chi connectivity index (χ1n) is 6.86. The number of aryl methyl sites for hydroxylation is 1. The van der Waals surface area contributed by atoms with Crippen LogP contribution in [-0.2, 0) is 26.0 Å². The highest BCUT2D eigenvalue weighted by Crippen LogP contribution is 2.28. The van der Waals surface area contributed by atoms with Gasteiger partial charge in [-0.2, -0.15) is 0 Å². The van der Waals surface area contributed by atoms with Crippen LogP contribution >= 0.6 is 0 Å². The zero-order valence-corrected chi connectivity index (χ0v) is 12.7. The maximum atomic E-state index is 12.8. The highest BCUT2D eigenvalue weighted by molar-refractivity contribution is 7.89. The molecule has 2 N–H and O–H groups in total. The van der Waals surface area contributed by atoms with Gasteiger partial charge in [-0.3, -0.25) is 4.79 Å². The van der Waals surface area contributed by atoms with Crippen molar-refractivity contribution in [3.63, 3.8) is 0 Å². The summed E-state index contributed by atoms with van der Waals surface area (Å²) >= 11 is 0. The molecule has 1 aromatic carbocycles. The summed E-state index contributed by atoms with van der Waals surface area (Å²) in [6.45, 7) is 0.126. The van der Waals surface area contributed by atoms with Gasteiger partial charge in [0.15, 0.2) is 0 Å². The van der Waals surface area contributed by atoms with Crippen LogP contribution in [0.1, 0.15) is 12.0 Å². The van der Waals surface area contributed by atoms with Crippen molar-refractivity contribution >= 4 is 16.0 Å². The van der Waals surface area contributed by atoms with Crippen molar-refractivity contribution in [2.75, 3.05) is 25.5 Å². The Hall–Kier alpha value is -1.51. The Bertz CT molecular complexity index is 623. The van der Waals surface area contributed by atoms with Gasteiger partial charge < -0.3 is 9.84 Å². The van der Waals surface area contributed by atoms with E-state index in [2.05, 4.69) is 4.72 Å².